The maximum Gasteiger partial charge on any atom is 0.240 e. The van der Waals surface area contributed by atoms with Crippen molar-refractivity contribution in [3.05, 3.63) is 34.9 Å². The van der Waals surface area contributed by atoms with Gasteiger partial charge in [0.25, 0.3) is 0 Å². The van der Waals surface area contributed by atoms with E-state index in [4.69, 9.17) is 16.3 Å². The van der Waals surface area contributed by atoms with Crippen LogP contribution in [0.1, 0.15) is 24.8 Å². The second kappa shape index (κ2) is 8.69. The number of aliphatic imine (C=N–C) groups is 1. The SMILES string of the molecule is O=C(C[C@H]1SC(=NC[C@H]2CCCO2)NC1=O)NCc1ccc(Cl)cc1. The van der Waals surface area contributed by atoms with E-state index in [0.29, 0.717) is 23.3 Å². The van der Waals surface area contributed by atoms with Crippen molar-refractivity contribution in [2.75, 3.05) is 13.2 Å². The van der Waals surface area contributed by atoms with Crippen LogP contribution in [0.4, 0.5) is 0 Å². The highest BCUT2D eigenvalue weighted by molar-refractivity contribution is 8.15. The molecule has 0 unspecified atom stereocenters. The number of ether oxygens (including phenoxy) is 1. The van der Waals surface area contributed by atoms with Gasteiger partial charge in [0.1, 0.15) is 5.25 Å². The lowest BCUT2D eigenvalue weighted by Gasteiger charge is -2.07. The third-order valence-corrected chi connectivity index (χ3v) is 5.38. The predicted molar refractivity (Wildman–Crippen MR) is 98.7 cm³/mol. The molecule has 2 saturated heterocycles. The van der Waals surface area contributed by atoms with Gasteiger partial charge in [0.2, 0.25) is 11.8 Å². The van der Waals surface area contributed by atoms with Gasteiger partial charge in [0, 0.05) is 24.6 Å². The third kappa shape index (κ3) is 5.45. The van der Waals surface area contributed by atoms with E-state index in [1.807, 2.05) is 12.1 Å². The summed E-state index contributed by atoms with van der Waals surface area (Å²) in [5.74, 6) is -0.333. The first-order valence-electron chi connectivity index (χ1n) is 8.25. The summed E-state index contributed by atoms with van der Waals surface area (Å²) in [7, 11) is 0. The smallest absolute Gasteiger partial charge is 0.240 e. The van der Waals surface area contributed by atoms with Crippen LogP contribution in [-0.2, 0) is 20.9 Å². The highest BCUT2D eigenvalue weighted by atomic mass is 35.5. The van der Waals surface area contributed by atoms with E-state index in [1.165, 1.54) is 11.8 Å². The molecule has 6 nitrogen and oxygen atoms in total. The van der Waals surface area contributed by atoms with Crippen molar-refractivity contribution in [3.8, 4) is 0 Å². The first-order valence-corrected chi connectivity index (χ1v) is 9.50. The van der Waals surface area contributed by atoms with E-state index < -0.39 is 5.25 Å². The molecule has 2 fully saturated rings. The highest BCUT2D eigenvalue weighted by Gasteiger charge is 2.32. The normalized spacial score (nSPS) is 24.5. The Morgan fingerprint density at radius 2 is 2.20 bits per heavy atom. The maximum atomic E-state index is 12.1. The van der Waals surface area contributed by atoms with Crippen LogP contribution in [0, 0.1) is 0 Å². The number of amidine groups is 1. The molecule has 0 aromatic heterocycles. The van der Waals surface area contributed by atoms with E-state index >= 15 is 0 Å². The summed E-state index contributed by atoms with van der Waals surface area (Å²) in [5, 5.41) is 6.36. The zero-order chi connectivity index (χ0) is 17.6. The molecule has 2 aliphatic heterocycles. The number of hydrogen-bond acceptors (Lipinski definition) is 5. The summed E-state index contributed by atoms with van der Waals surface area (Å²) in [6, 6.07) is 7.27. The molecule has 0 aliphatic carbocycles. The van der Waals surface area contributed by atoms with Crippen LogP contribution in [0.15, 0.2) is 29.3 Å². The number of hydrogen-bond donors (Lipinski definition) is 2. The zero-order valence-electron chi connectivity index (χ0n) is 13.7. The molecule has 2 amide bonds. The summed E-state index contributed by atoms with van der Waals surface area (Å²) in [5.41, 5.74) is 0.958. The minimum absolute atomic E-state index is 0.128. The second-order valence-corrected chi connectivity index (χ2v) is 7.61. The molecule has 8 heteroatoms. The summed E-state index contributed by atoms with van der Waals surface area (Å²) < 4.78 is 5.51. The molecule has 2 atom stereocenters. The maximum absolute atomic E-state index is 12.1. The third-order valence-electron chi connectivity index (χ3n) is 4.01. The van der Waals surface area contributed by atoms with E-state index in [0.717, 1.165) is 25.0 Å². The van der Waals surface area contributed by atoms with Crippen LogP contribution < -0.4 is 10.6 Å². The number of rotatable bonds is 6. The molecule has 0 spiro atoms. The summed E-state index contributed by atoms with van der Waals surface area (Å²) in [6.45, 7) is 1.75. The molecule has 134 valence electrons. The number of amides is 2. The van der Waals surface area contributed by atoms with Gasteiger partial charge >= 0.3 is 0 Å². The van der Waals surface area contributed by atoms with Crippen LogP contribution in [0.5, 0.6) is 0 Å². The van der Waals surface area contributed by atoms with Crippen LogP contribution in [0.3, 0.4) is 0 Å². The van der Waals surface area contributed by atoms with Gasteiger partial charge in [-0.25, -0.2) is 0 Å². The molecule has 0 saturated carbocycles. The van der Waals surface area contributed by atoms with Crippen LogP contribution >= 0.6 is 23.4 Å². The Morgan fingerprint density at radius 3 is 2.92 bits per heavy atom. The molecule has 2 heterocycles. The average molecular weight is 382 g/mol. The Labute approximate surface area is 155 Å². The van der Waals surface area contributed by atoms with E-state index in [1.54, 1.807) is 12.1 Å². The first-order chi connectivity index (χ1) is 12.1. The summed E-state index contributed by atoms with van der Waals surface area (Å²) >= 11 is 7.14. The van der Waals surface area contributed by atoms with Crippen molar-refractivity contribution in [2.24, 2.45) is 4.99 Å². The Hall–Kier alpha value is -1.57. The van der Waals surface area contributed by atoms with E-state index in [9.17, 15) is 9.59 Å². The van der Waals surface area contributed by atoms with Crippen molar-refractivity contribution < 1.29 is 14.3 Å². The number of nitrogens with zero attached hydrogens (tertiary/aromatic N) is 1. The summed E-state index contributed by atoms with van der Waals surface area (Å²) in [6.07, 6.45) is 2.34. The van der Waals surface area contributed by atoms with Gasteiger partial charge in [-0.15, -0.1) is 0 Å². The number of carbonyl (C=O) groups is 2. The first kappa shape index (κ1) is 18.2. The van der Waals surface area contributed by atoms with Crippen molar-refractivity contribution in [1.82, 2.24) is 10.6 Å². The molecule has 2 N–H and O–H groups in total. The molecule has 2 aliphatic rings. The van der Waals surface area contributed by atoms with Crippen LogP contribution in [0.2, 0.25) is 5.02 Å². The summed E-state index contributed by atoms with van der Waals surface area (Å²) in [4.78, 5) is 28.5. The van der Waals surface area contributed by atoms with E-state index in [2.05, 4.69) is 15.6 Å². The standard InChI is InChI=1S/C17H20ClN3O3S/c18-12-5-3-11(4-6-12)9-19-15(22)8-14-16(23)21-17(25-14)20-10-13-2-1-7-24-13/h3-6,13-14H,1-2,7-10H2,(H,19,22)(H,20,21,23)/t13-,14-/m1/s1. The fourth-order valence-corrected chi connectivity index (χ4v) is 3.74. The largest absolute Gasteiger partial charge is 0.376 e. The predicted octanol–water partition coefficient (Wildman–Crippen LogP) is 2.11. The monoisotopic (exact) mass is 381 g/mol. The number of halogens is 1. The lowest BCUT2D eigenvalue weighted by atomic mass is 10.2. The quantitative estimate of drug-likeness (QED) is 0.791. The minimum atomic E-state index is -0.437. The van der Waals surface area contributed by atoms with Gasteiger partial charge < -0.3 is 15.4 Å². The van der Waals surface area contributed by atoms with Crippen molar-refractivity contribution in [2.45, 2.75) is 37.2 Å². The van der Waals surface area contributed by atoms with Gasteiger partial charge in [0.15, 0.2) is 5.17 Å². The van der Waals surface area contributed by atoms with Gasteiger partial charge in [-0.2, -0.15) is 0 Å². The molecule has 1 aromatic carbocycles. The van der Waals surface area contributed by atoms with Gasteiger partial charge in [0.05, 0.1) is 12.6 Å². The lowest BCUT2D eigenvalue weighted by Crippen LogP contribution is -2.31. The van der Waals surface area contributed by atoms with Crippen LogP contribution in [-0.4, -0.2) is 41.5 Å². The molecular weight excluding hydrogens is 362 g/mol. The molecule has 0 bridgehead atoms. The number of thioether (sulfide) groups is 1. The molecule has 25 heavy (non-hydrogen) atoms. The Morgan fingerprint density at radius 1 is 1.40 bits per heavy atom. The minimum Gasteiger partial charge on any atom is -0.376 e. The Kier molecular flexibility index (Phi) is 6.34. The highest BCUT2D eigenvalue weighted by Crippen LogP contribution is 2.23. The molecule has 0 radical (unpaired) electrons. The molecule has 3 rings (SSSR count). The van der Waals surface area contributed by atoms with Crippen molar-refractivity contribution >= 4 is 40.3 Å². The van der Waals surface area contributed by atoms with Crippen molar-refractivity contribution in [3.63, 3.8) is 0 Å². The second-order valence-electron chi connectivity index (χ2n) is 5.98. The Balaban J connectivity index is 1.43. The number of benzene rings is 1. The van der Waals surface area contributed by atoms with E-state index in [-0.39, 0.29) is 24.3 Å². The fourth-order valence-electron chi connectivity index (χ4n) is 2.63. The molecular formula is C17H20ClN3O3S. The van der Waals surface area contributed by atoms with Gasteiger partial charge in [-0.3, -0.25) is 14.6 Å². The fraction of sp³-hybridized carbons (Fsp3) is 0.471. The molecule has 1 aromatic rings. The van der Waals surface area contributed by atoms with Gasteiger partial charge in [-0.05, 0) is 30.5 Å². The topological polar surface area (TPSA) is 79.8 Å². The Bertz CT molecular complexity index is 660. The average Bonchev–Trinajstić information content (AvgIpc) is 3.23. The van der Waals surface area contributed by atoms with Crippen LogP contribution in [0.25, 0.3) is 0 Å². The number of nitrogens with one attached hydrogen (secondary N) is 2. The van der Waals surface area contributed by atoms with Gasteiger partial charge in [-0.1, -0.05) is 35.5 Å². The number of carbonyl (C=O) groups excluding carboxylic acids is 2. The lowest BCUT2D eigenvalue weighted by molar-refractivity contribution is -0.125. The zero-order valence-corrected chi connectivity index (χ0v) is 15.2. The van der Waals surface area contributed by atoms with Crippen molar-refractivity contribution in [1.29, 1.82) is 0 Å².